The number of nitrogens with zero attached hydrogens (tertiary/aromatic N) is 2. The molecule has 1 fully saturated rings. The normalized spacial score (nSPS) is 17.1. The topological polar surface area (TPSA) is 64.5 Å². The van der Waals surface area contributed by atoms with Crippen LogP contribution in [0.25, 0.3) is 0 Å². The van der Waals surface area contributed by atoms with Crippen LogP contribution in [0.4, 0.5) is 0 Å². The molecule has 1 aromatic carbocycles. The Labute approximate surface area is 129 Å². The van der Waals surface area contributed by atoms with Gasteiger partial charge in [-0.3, -0.25) is 5.32 Å². The molecule has 108 valence electrons. The van der Waals surface area contributed by atoms with Gasteiger partial charge in [0, 0.05) is 24.2 Å². The molecule has 1 heterocycles. The Morgan fingerprint density at radius 2 is 2.19 bits per heavy atom. The number of rotatable bonds is 7. The summed E-state index contributed by atoms with van der Waals surface area (Å²) >= 11 is 1.65. The fourth-order valence-corrected chi connectivity index (χ4v) is 3.27. The monoisotopic (exact) mass is 298 g/mol. The Kier molecular flexibility index (Phi) is 4.28. The Bertz CT molecular complexity index is 601. The molecule has 0 radical (unpaired) electrons. The molecule has 1 aliphatic carbocycles. The number of H-pyrrole nitrogens is 1. The SMILES string of the molecule is N#CC(CCSc1ncc[nH]1)(NC1CC1)c1ccccc1. The third kappa shape index (κ3) is 3.46. The lowest BCUT2D eigenvalue weighted by Gasteiger charge is -2.28. The Morgan fingerprint density at radius 3 is 2.81 bits per heavy atom. The molecule has 0 aliphatic heterocycles. The van der Waals surface area contributed by atoms with Gasteiger partial charge < -0.3 is 4.98 Å². The number of hydrogen-bond donors (Lipinski definition) is 2. The third-order valence-corrected chi connectivity index (χ3v) is 4.58. The van der Waals surface area contributed by atoms with Crippen molar-refractivity contribution in [2.24, 2.45) is 0 Å². The maximum Gasteiger partial charge on any atom is 0.165 e. The Morgan fingerprint density at radius 1 is 1.38 bits per heavy atom. The number of thioether (sulfide) groups is 1. The highest BCUT2D eigenvalue weighted by molar-refractivity contribution is 7.99. The fraction of sp³-hybridized carbons (Fsp3) is 0.375. The van der Waals surface area contributed by atoms with Gasteiger partial charge in [0.1, 0.15) is 5.54 Å². The van der Waals surface area contributed by atoms with Gasteiger partial charge >= 0.3 is 0 Å². The second-order valence-corrected chi connectivity index (χ2v) is 6.38. The van der Waals surface area contributed by atoms with E-state index in [1.165, 1.54) is 12.8 Å². The minimum atomic E-state index is -0.595. The van der Waals surface area contributed by atoms with Crippen LogP contribution in [0.15, 0.2) is 47.9 Å². The van der Waals surface area contributed by atoms with Crippen molar-refractivity contribution in [2.45, 2.75) is 36.0 Å². The third-order valence-electron chi connectivity index (χ3n) is 3.67. The largest absolute Gasteiger partial charge is 0.340 e. The number of benzene rings is 1. The zero-order valence-corrected chi connectivity index (χ0v) is 12.6. The van der Waals surface area contributed by atoms with E-state index in [4.69, 9.17) is 0 Å². The van der Waals surface area contributed by atoms with Crippen LogP contribution in [-0.4, -0.2) is 21.8 Å². The van der Waals surface area contributed by atoms with Crippen molar-refractivity contribution in [3.63, 3.8) is 0 Å². The van der Waals surface area contributed by atoms with Crippen LogP contribution in [0.1, 0.15) is 24.8 Å². The van der Waals surface area contributed by atoms with Gasteiger partial charge in [0.25, 0.3) is 0 Å². The summed E-state index contributed by atoms with van der Waals surface area (Å²) in [5.41, 5.74) is 0.460. The quantitative estimate of drug-likeness (QED) is 0.771. The molecule has 5 heteroatoms. The number of imidazole rings is 1. The predicted octanol–water partition coefficient (Wildman–Crippen LogP) is 3.06. The fourth-order valence-electron chi connectivity index (χ4n) is 2.38. The van der Waals surface area contributed by atoms with Crippen LogP contribution < -0.4 is 5.32 Å². The summed E-state index contributed by atoms with van der Waals surface area (Å²) in [7, 11) is 0. The molecule has 1 unspecified atom stereocenters. The van der Waals surface area contributed by atoms with E-state index in [9.17, 15) is 5.26 Å². The van der Waals surface area contributed by atoms with Crippen molar-refractivity contribution in [3.8, 4) is 6.07 Å². The van der Waals surface area contributed by atoms with Crippen LogP contribution in [0.5, 0.6) is 0 Å². The average molecular weight is 298 g/mol. The number of aromatic nitrogens is 2. The summed E-state index contributed by atoms with van der Waals surface area (Å²) in [6, 6.07) is 13.1. The van der Waals surface area contributed by atoms with Gasteiger partial charge in [-0.1, -0.05) is 42.1 Å². The summed E-state index contributed by atoms with van der Waals surface area (Å²) in [4.78, 5) is 7.29. The zero-order valence-electron chi connectivity index (χ0n) is 11.7. The Balaban J connectivity index is 1.73. The summed E-state index contributed by atoms with van der Waals surface area (Å²) in [5, 5.41) is 14.3. The van der Waals surface area contributed by atoms with Gasteiger partial charge in [0.05, 0.1) is 6.07 Å². The molecular weight excluding hydrogens is 280 g/mol. The van der Waals surface area contributed by atoms with E-state index in [0.29, 0.717) is 6.04 Å². The van der Waals surface area contributed by atoms with Crippen LogP contribution in [0.3, 0.4) is 0 Å². The molecule has 1 aromatic heterocycles. The van der Waals surface area contributed by atoms with E-state index in [1.807, 2.05) is 36.5 Å². The van der Waals surface area contributed by atoms with Crippen molar-refractivity contribution >= 4 is 11.8 Å². The van der Waals surface area contributed by atoms with E-state index >= 15 is 0 Å². The van der Waals surface area contributed by atoms with Crippen molar-refractivity contribution in [1.82, 2.24) is 15.3 Å². The number of nitrogens with one attached hydrogen (secondary N) is 2. The summed E-state index contributed by atoms with van der Waals surface area (Å²) in [6.45, 7) is 0. The number of aromatic amines is 1. The maximum atomic E-state index is 9.82. The predicted molar refractivity (Wildman–Crippen MR) is 83.8 cm³/mol. The first-order chi connectivity index (χ1) is 10.3. The zero-order chi connectivity index (χ0) is 14.5. The lowest BCUT2D eigenvalue weighted by Crippen LogP contribution is -2.43. The van der Waals surface area contributed by atoms with Crippen LogP contribution in [0.2, 0.25) is 0 Å². The highest BCUT2D eigenvalue weighted by Crippen LogP contribution is 2.32. The Hall–Kier alpha value is -1.77. The molecule has 1 atom stereocenters. The van der Waals surface area contributed by atoms with Gasteiger partial charge in [-0.15, -0.1) is 0 Å². The van der Waals surface area contributed by atoms with E-state index < -0.39 is 5.54 Å². The molecule has 1 saturated carbocycles. The van der Waals surface area contributed by atoms with Gasteiger partial charge in [0.15, 0.2) is 5.16 Å². The van der Waals surface area contributed by atoms with Crippen molar-refractivity contribution in [1.29, 1.82) is 5.26 Å². The van der Waals surface area contributed by atoms with E-state index in [-0.39, 0.29) is 0 Å². The minimum absolute atomic E-state index is 0.485. The smallest absolute Gasteiger partial charge is 0.165 e. The lowest BCUT2D eigenvalue weighted by atomic mass is 9.88. The van der Waals surface area contributed by atoms with E-state index in [2.05, 4.69) is 21.4 Å². The van der Waals surface area contributed by atoms with Crippen LogP contribution in [-0.2, 0) is 5.54 Å². The number of nitriles is 1. The molecule has 0 amide bonds. The molecule has 1 aliphatic rings. The first-order valence-electron chi connectivity index (χ1n) is 7.19. The van der Waals surface area contributed by atoms with Crippen molar-refractivity contribution in [2.75, 3.05) is 5.75 Å². The second-order valence-electron chi connectivity index (χ2n) is 5.29. The van der Waals surface area contributed by atoms with E-state index in [1.54, 1.807) is 18.0 Å². The highest BCUT2D eigenvalue weighted by Gasteiger charge is 2.37. The van der Waals surface area contributed by atoms with Gasteiger partial charge in [-0.2, -0.15) is 5.26 Å². The van der Waals surface area contributed by atoms with Gasteiger partial charge in [-0.05, 0) is 24.8 Å². The standard InChI is InChI=1S/C16H18N4S/c17-12-16(20-14-6-7-14,13-4-2-1-3-5-13)8-11-21-15-18-9-10-19-15/h1-5,9-10,14,20H,6-8,11H2,(H,18,19). The first-order valence-corrected chi connectivity index (χ1v) is 8.18. The van der Waals surface area contributed by atoms with E-state index in [0.717, 1.165) is 22.9 Å². The van der Waals surface area contributed by atoms with Crippen molar-refractivity contribution in [3.05, 3.63) is 48.3 Å². The maximum absolute atomic E-state index is 9.82. The molecule has 0 saturated heterocycles. The number of hydrogen-bond acceptors (Lipinski definition) is 4. The van der Waals surface area contributed by atoms with Gasteiger partial charge in [0.2, 0.25) is 0 Å². The highest BCUT2D eigenvalue weighted by atomic mass is 32.2. The molecule has 4 nitrogen and oxygen atoms in total. The molecule has 0 spiro atoms. The van der Waals surface area contributed by atoms with Gasteiger partial charge in [-0.25, -0.2) is 4.98 Å². The lowest BCUT2D eigenvalue weighted by molar-refractivity contribution is 0.412. The molecule has 2 N–H and O–H groups in total. The molecular formula is C16H18N4S. The molecule has 21 heavy (non-hydrogen) atoms. The molecule has 0 bridgehead atoms. The molecule has 3 rings (SSSR count). The second kappa shape index (κ2) is 6.33. The van der Waals surface area contributed by atoms with Crippen molar-refractivity contribution < 1.29 is 0 Å². The summed E-state index contributed by atoms with van der Waals surface area (Å²) in [5.74, 6) is 0.843. The van der Waals surface area contributed by atoms with Crippen LogP contribution >= 0.6 is 11.8 Å². The first kappa shape index (κ1) is 14.2. The average Bonchev–Trinajstić information content (AvgIpc) is 3.19. The summed E-state index contributed by atoms with van der Waals surface area (Å²) < 4.78 is 0. The minimum Gasteiger partial charge on any atom is -0.340 e. The molecule has 2 aromatic rings. The summed E-state index contributed by atoms with van der Waals surface area (Å²) in [6.07, 6.45) is 6.66. The van der Waals surface area contributed by atoms with Crippen LogP contribution in [0, 0.1) is 11.3 Å².